The number of halogens is 1. The summed E-state index contributed by atoms with van der Waals surface area (Å²) in [4.78, 5) is 4.50. The van der Waals surface area contributed by atoms with E-state index >= 15 is 0 Å². The third-order valence-corrected chi connectivity index (χ3v) is 4.27. The number of rotatable bonds is 6. The molecule has 0 aliphatic carbocycles. The first-order valence-electron chi connectivity index (χ1n) is 7.04. The minimum Gasteiger partial charge on any atom is -0.493 e. The van der Waals surface area contributed by atoms with Gasteiger partial charge in [-0.15, -0.1) is 0 Å². The topological polar surface area (TPSA) is 47.6 Å². The molecule has 2 aromatic carbocycles. The second-order valence-electron chi connectivity index (χ2n) is 4.71. The Bertz CT molecular complexity index is 619. The van der Waals surface area contributed by atoms with E-state index in [2.05, 4.69) is 33.1 Å². The molecule has 0 fully saturated rings. The first-order chi connectivity index (χ1) is 10.6. The molecule has 0 aliphatic heterocycles. The molecule has 0 radical (unpaired) electrons. The van der Waals surface area contributed by atoms with Crippen LogP contribution in [0.3, 0.4) is 0 Å². The molecule has 116 valence electrons. The SMILES string of the molecule is C[C@H](N=C(N)SCCOc1cccc(Br)c1)c1ccccc1. The summed E-state index contributed by atoms with van der Waals surface area (Å²) in [7, 11) is 0. The molecule has 0 unspecified atom stereocenters. The standard InChI is InChI=1S/C17H19BrN2OS/c1-13(14-6-3-2-4-7-14)20-17(19)22-11-10-21-16-9-5-8-15(18)12-16/h2-9,12-13H,10-11H2,1H3,(H2,19,20)/t13-/m0/s1. The van der Waals surface area contributed by atoms with Gasteiger partial charge in [-0.3, -0.25) is 4.99 Å². The molecule has 2 N–H and O–H groups in total. The van der Waals surface area contributed by atoms with Gasteiger partial charge in [0.1, 0.15) is 5.75 Å². The van der Waals surface area contributed by atoms with E-state index in [9.17, 15) is 0 Å². The summed E-state index contributed by atoms with van der Waals surface area (Å²) < 4.78 is 6.68. The highest BCUT2D eigenvalue weighted by molar-refractivity contribution is 9.10. The molecule has 2 aromatic rings. The number of thioether (sulfide) groups is 1. The van der Waals surface area contributed by atoms with Crippen molar-refractivity contribution in [1.82, 2.24) is 0 Å². The second kappa shape index (κ2) is 8.86. The van der Waals surface area contributed by atoms with E-state index in [0.29, 0.717) is 11.8 Å². The molecule has 1 atom stereocenters. The third-order valence-electron chi connectivity index (χ3n) is 3.00. The highest BCUT2D eigenvalue weighted by Crippen LogP contribution is 2.19. The highest BCUT2D eigenvalue weighted by atomic mass is 79.9. The summed E-state index contributed by atoms with van der Waals surface area (Å²) in [6.45, 7) is 2.64. The fourth-order valence-electron chi connectivity index (χ4n) is 1.90. The summed E-state index contributed by atoms with van der Waals surface area (Å²) in [5, 5.41) is 0.592. The van der Waals surface area contributed by atoms with Crippen LogP contribution in [0.4, 0.5) is 0 Å². The van der Waals surface area contributed by atoms with Gasteiger partial charge in [0.2, 0.25) is 0 Å². The van der Waals surface area contributed by atoms with Crippen LogP contribution in [0.2, 0.25) is 0 Å². The summed E-state index contributed by atoms with van der Waals surface area (Å²) in [6.07, 6.45) is 0. The minimum absolute atomic E-state index is 0.0692. The molecule has 0 aliphatic rings. The molecule has 2 rings (SSSR count). The molecule has 5 heteroatoms. The molecule has 0 aromatic heterocycles. The lowest BCUT2D eigenvalue weighted by atomic mass is 10.1. The lowest BCUT2D eigenvalue weighted by Crippen LogP contribution is -2.12. The van der Waals surface area contributed by atoms with E-state index in [1.54, 1.807) is 0 Å². The van der Waals surface area contributed by atoms with E-state index < -0.39 is 0 Å². The fraction of sp³-hybridized carbons (Fsp3) is 0.235. The maximum absolute atomic E-state index is 5.97. The molecular formula is C17H19BrN2OS. The molecule has 0 amide bonds. The van der Waals surface area contributed by atoms with Crippen LogP contribution in [0.15, 0.2) is 64.1 Å². The monoisotopic (exact) mass is 378 g/mol. The number of ether oxygens (including phenoxy) is 1. The van der Waals surface area contributed by atoms with Gasteiger partial charge in [-0.25, -0.2) is 0 Å². The summed E-state index contributed by atoms with van der Waals surface area (Å²) in [5.41, 5.74) is 7.13. The van der Waals surface area contributed by atoms with Crippen molar-refractivity contribution in [3.8, 4) is 5.75 Å². The Morgan fingerprint density at radius 1 is 1.23 bits per heavy atom. The molecular weight excluding hydrogens is 360 g/mol. The first kappa shape index (κ1) is 16.9. The van der Waals surface area contributed by atoms with E-state index in [4.69, 9.17) is 10.5 Å². The normalized spacial score (nSPS) is 12.9. The summed E-state index contributed by atoms with van der Waals surface area (Å²) >= 11 is 4.93. The van der Waals surface area contributed by atoms with E-state index in [0.717, 1.165) is 21.5 Å². The van der Waals surface area contributed by atoms with Crippen LogP contribution in [0.1, 0.15) is 18.5 Å². The van der Waals surface area contributed by atoms with Crippen LogP contribution < -0.4 is 10.5 Å². The van der Waals surface area contributed by atoms with Gasteiger partial charge in [0, 0.05) is 10.2 Å². The van der Waals surface area contributed by atoms with Crippen molar-refractivity contribution in [1.29, 1.82) is 0 Å². The average molecular weight is 379 g/mol. The predicted molar refractivity (Wildman–Crippen MR) is 98.6 cm³/mol. The van der Waals surface area contributed by atoms with Crippen LogP contribution in [-0.4, -0.2) is 17.5 Å². The van der Waals surface area contributed by atoms with Crippen molar-refractivity contribution in [3.05, 3.63) is 64.6 Å². The Morgan fingerprint density at radius 2 is 2.00 bits per heavy atom. The number of hydrogen-bond acceptors (Lipinski definition) is 3. The maximum Gasteiger partial charge on any atom is 0.154 e. The molecule has 0 heterocycles. The number of aliphatic imine (C=N–C) groups is 1. The van der Waals surface area contributed by atoms with Crippen molar-refractivity contribution in [2.24, 2.45) is 10.7 Å². The van der Waals surface area contributed by atoms with Crippen molar-refractivity contribution < 1.29 is 4.74 Å². The lowest BCUT2D eigenvalue weighted by Gasteiger charge is -2.09. The molecule has 22 heavy (non-hydrogen) atoms. The van der Waals surface area contributed by atoms with Gasteiger partial charge in [0.15, 0.2) is 5.17 Å². The third kappa shape index (κ3) is 5.73. The van der Waals surface area contributed by atoms with Gasteiger partial charge in [-0.2, -0.15) is 0 Å². The van der Waals surface area contributed by atoms with Crippen LogP contribution in [0.25, 0.3) is 0 Å². The van der Waals surface area contributed by atoms with Gasteiger partial charge in [0.25, 0.3) is 0 Å². The van der Waals surface area contributed by atoms with Crippen LogP contribution >= 0.6 is 27.7 Å². The Balaban J connectivity index is 1.75. The maximum atomic E-state index is 5.97. The van der Waals surface area contributed by atoms with Gasteiger partial charge in [0.05, 0.1) is 12.6 Å². The van der Waals surface area contributed by atoms with Gasteiger partial charge < -0.3 is 10.5 Å². The highest BCUT2D eigenvalue weighted by Gasteiger charge is 2.04. The quantitative estimate of drug-likeness (QED) is 0.452. The number of nitrogens with two attached hydrogens (primary N) is 1. The second-order valence-corrected chi connectivity index (χ2v) is 6.74. The van der Waals surface area contributed by atoms with Crippen molar-refractivity contribution in [2.75, 3.05) is 12.4 Å². The largest absolute Gasteiger partial charge is 0.493 e. The Hall–Kier alpha value is -1.46. The first-order valence-corrected chi connectivity index (χ1v) is 8.82. The van der Waals surface area contributed by atoms with Gasteiger partial charge >= 0.3 is 0 Å². The van der Waals surface area contributed by atoms with Crippen molar-refractivity contribution in [2.45, 2.75) is 13.0 Å². The Labute approximate surface area is 144 Å². The van der Waals surface area contributed by atoms with Crippen LogP contribution in [0, 0.1) is 0 Å². The molecule has 0 saturated heterocycles. The number of benzene rings is 2. The fourth-order valence-corrected chi connectivity index (χ4v) is 2.88. The zero-order valence-corrected chi connectivity index (χ0v) is 14.8. The zero-order chi connectivity index (χ0) is 15.8. The average Bonchev–Trinajstić information content (AvgIpc) is 2.52. The number of amidine groups is 1. The summed E-state index contributed by atoms with van der Waals surface area (Å²) in [6, 6.07) is 18.0. The van der Waals surface area contributed by atoms with Crippen molar-refractivity contribution >= 4 is 32.9 Å². The number of hydrogen-bond donors (Lipinski definition) is 1. The Kier molecular flexibility index (Phi) is 6.80. The minimum atomic E-state index is 0.0692. The molecule has 3 nitrogen and oxygen atoms in total. The van der Waals surface area contributed by atoms with E-state index in [1.165, 1.54) is 11.8 Å². The molecule has 0 bridgehead atoms. The van der Waals surface area contributed by atoms with Gasteiger partial charge in [-0.05, 0) is 30.7 Å². The Morgan fingerprint density at radius 3 is 2.73 bits per heavy atom. The van der Waals surface area contributed by atoms with Crippen molar-refractivity contribution in [3.63, 3.8) is 0 Å². The predicted octanol–water partition coefficient (Wildman–Crippen LogP) is 4.64. The lowest BCUT2D eigenvalue weighted by molar-refractivity contribution is 0.344. The molecule has 0 saturated carbocycles. The smallest absolute Gasteiger partial charge is 0.154 e. The zero-order valence-electron chi connectivity index (χ0n) is 12.4. The van der Waals surface area contributed by atoms with E-state index in [-0.39, 0.29) is 6.04 Å². The molecule has 0 spiro atoms. The van der Waals surface area contributed by atoms with Crippen LogP contribution in [-0.2, 0) is 0 Å². The summed E-state index contributed by atoms with van der Waals surface area (Å²) in [5.74, 6) is 1.62. The van der Waals surface area contributed by atoms with E-state index in [1.807, 2.05) is 49.4 Å². The number of nitrogens with zero attached hydrogens (tertiary/aromatic N) is 1. The van der Waals surface area contributed by atoms with Gasteiger partial charge in [-0.1, -0.05) is 64.1 Å². The van der Waals surface area contributed by atoms with Crippen LogP contribution in [0.5, 0.6) is 5.75 Å².